The number of H-pyrrole nitrogens is 1. The lowest BCUT2D eigenvalue weighted by Crippen LogP contribution is -2.42. The molecule has 2 aliphatic rings. The lowest BCUT2D eigenvalue weighted by Gasteiger charge is -2.32. The van der Waals surface area contributed by atoms with Gasteiger partial charge in [0.1, 0.15) is 0 Å². The summed E-state index contributed by atoms with van der Waals surface area (Å²) in [5.74, 6) is 0.181. The standard InChI is InChI=1S/C26H29N3O2/c30-25(15-14-24-22-11-3-4-13-23(22)27-28-24)29-16-6-9-19(17-29)26(31)21-12-5-8-18-7-1-2-10-20(18)21/h1-2,5,7-8,10,12,19H,3-4,6,9,11,13-17H2,(H,27,28)/t19-/m0/s1. The van der Waals surface area contributed by atoms with E-state index in [4.69, 9.17) is 0 Å². The van der Waals surface area contributed by atoms with Crippen molar-refractivity contribution in [2.75, 3.05) is 13.1 Å². The van der Waals surface area contributed by atoms with Gasteiger partial charge in [0.2, 0.25) is 5.91 Å². The predicted molar refractivity (Wildman–Crippen MR) is 121 cm³/mol. The van der Waals surface area contributed by atoms with Crippen LogP contribution in [0, 0.1) is 5.92 Å². The Morgan fingerprint density at radius 1 is 1.03 bits per heavy atom. The van der Waals surface area contributed by atoms with Crippen LogP contribution >= 0.6 is 0 Å². The van der Waals surface area contributed by atoms with Gasteiger partial charge < -0.3 is 4.90 Å². The second kappa shape index (κ2) is 8.66. The molecule has 1 fully saturated rings. The molecule has 1 aliphatic heterocycles. The van der Waals surface area contributed by atoms with Crippen LogP contribution in [-0.2, 0) is 24.1 Å². The van der Waals surface area contributed by atoms with Crippen LogP contribution in [-0.4, -0.2) is 39.9 Å². The van der Waals surface area contributed by atoms with Gasteiger partial charge in [0, 0.05) is 43.1 Å². The predicted octanol–water partition coefficient (Wildman–Crippen LogP) is 4.50. The highest BCUT2D eigenvalue weighted by Crippen LogP contribution is 2.27. The highest BCUT2D eigenvalue weighted by atomic mass is 16.2. The van der Waals surface area contributed by atoms with E-state index in [2.05, 4.69) is 10.2 Å². The van der Waals surface area contributed by atoms with Crippen molar-refractivity contribution in [3.05, 3.63) is 65.0 Å². The van der Waals surface area contributed by atoms with E-state index in [1.54, 1.807) is 0 Å². The van der Waals surface area contributed by atoms with E-state index in [-0.39, 0.29) is 17.6 Å². The van der Waals surface area contributed by atoms with Crippen LogP contribution in [0.25, 0.3) is 10.8 Å². The van der Waals surface area contributed by atoms with Crippen LogP contribution in [0.5, 0.6) is 0 Å². The van der Waals surface area contributed by atoms with Gasteiger partial charge in [-0.05, 0) is 54.9 Å². The molecule has 2 aromatic carbocycles. The van der Waals surface area contributed by atoms with Gasteiger partial charge >= 0.3 is 0 Å². The Morgan fingerprint density at radius 3 is 2.81 bits per heavy atom. The van der Waals surface area contributed by atoms with Crippen molar-refractivity contribution in [1.29, 1.82) is 0 Å². The molecule has 5 heteroatoms. The first-order chi connectivity index (χ1) is 15.2. The van der Waals surface area contributed by atoms with Crippen LogP contribution < -0.4 is 0 Å². The number of benzene rings is 2. The van der Waals surface area contributed by atoms with Crippen LogP contribution in [0.3, 0.4) is 0 Å². The summed E-state index contributed by atoms with van der Waals surface area (Å²) in [7, 11) is 0. The third-order valence-corrected chi connectivity index (χ3v) is 6.92. The summed E-state index contributed by atoms with van der Waals surface area (Å²) >= 11 is 0. The zero-order valence-corrected chi connectivity index (χ0v) is 17.9. The van der Waals surface area contributed by atoms with Gasteiger partial charge in [0.05, 0.1) is 5.69 Å². The molecule has 2 heterocycles. The first-order valence-corrected chi connectivity index (χ1v) is 11.6. The molecule has 5 rings (SSSR count). The number of aromatic amines is 1. The number of ketones is 1. The number of aromatic nitrogens is 2. The summed E-state index contributed by atoms with van der Waals surface area (Å²) in [6, 6.07) is 13.9. The Hall–Kier alpha value is -2.95. The molecule has 1 amide bonds. The lowest BCUT2D eigenvalue weighted by atomic mass is 9.87. The molecule has 0 saturated carbocycles. The van der Waals surface area contributed by atoms with Crippen molar-refractivity contribution in [2.24, 2.45) is 5.92 Å². The quantitative estimate of drug-likeness (QED) is 0.624. The second-order valence-electron chi connectivity index (χ2n) is 8.90. The maximum absolute atomic E-state index is 13.3. The topological polar surface area (TPSA) is 66.1 Å². The number of carbonyl (C=O) groups excluding carboxylic acids is 2. The summed E-state index contributed by atoms with van der Waals surface area (Å²) in [4.78, 5) is 28.2. The van der Waals surface area contributed by atoms with E-state index in [1.807, 2.05) is 47.4 Å². The minimum absolute atomic E-state index is 0.123. The minimum Gasteiger partial charge on any atom is -0.342 e. The highest BCUT2D eigenvalue weighted by Gasteiger charge is 2.30. The first-order valence-electron chi connectivity index (χ1n) is 11.6. The number of hydrogen-bond acceptors (Lipinski definition) is 3. The SMILES string of the molecule is O=C(c1cccc2ccccc12)[C@H]1CCCN(C(=O)CCc2n[nH]c3c2CCCC3)C1. The molecule has 0 spiro atoms. The van der Waals surface area contributed by atoms with Gasteiger partial charge in [0.25, 0.3) is 0 Å². The molecule has 0 bridgehead atoms. The van der Waals surface area contributed by atoms with Crippen molar-refractivity contribution in [2.45, 2.75) is 51.4 Å². The van der Waals surface area contributed by atoms with E-state index in [1.165, 1.54) is 24.1 Å². The number of Topliss-reactive ketones (excluding diaryl/α,β-unsaturated/α-hetero) is 1. The summed E-state index contributed by atoms with van der Waals surface area (Å²) in [6.07, 6.45) is 7.44. The maximum Gasteiger partial charge on any atom is 0.222 e. The molecule has 0 radical (unpaired) electrons. The van der Waals surface area contributed by atoms with Gasteiger partial charge in [0.15, 0.2) is 5.78 Å². The number of piperidine rings is 1. The van der Waals surface area contributed by atoms with Crippen LogP contribution in [0.1, 0.15) is 59.4 Å². The van der Waals surface area contributed by atoms with Crippen LogP contribution in [0.4, 0.5) is 0 Å². The fourth-order valence-corrected chi connectivity index (χ4v) is 5.22. The molecular weight excluding hydrogens is 386 g/mol. The van der Waals surface area contributed by atoms with Crippen LogP contribution in [0.15, 0.2) is 42.5 Å². The molecule has 0 unspecified atom stereocenters. The van der Waals surface area contributed by atoms with Crippen molar-refractivity contribution in [1.82, 2.24) is 15.1 Å². The molecule has 160 valence electrons. The Bertz CT molecular complexity index is 1110. The van der Waals surface area contributed by atoms with Gasteiger partial charge in [-0.3, -0.25) is 14.7 Å². The van der Waals surface area contributed by atoms with Gasteiger partial charge in [-0.15, -0.1) is 0 Å². The largest absolute Gasteiger partial charge is 0.342 e. The Labute approximate surface area is 182 Å². The fourth-order valence-electron chi connectivity index (χ4n) is 5.22. The van der Waals surface area contributed by atoms with Gasteiger partial charge in [-0.25, -0.2) is 0 Å². The molecule has 3 aromatic rings. The number of carbonyl (C=O) groups is 2. The monoisotopic (exact) mass is 415 g/mol. The third kappa shape index (κ3) is 4.01. The Kier molecular flexibility index (Phi) is 5.58. The van der Waals surface area contributed by atoms with Crippen molar-refractivity contribution in [3.63, 3.8) is 0 Å². The molecule has 1 atom stereocenters. The minimum atomic E-state index is -0.123. The molecule has 31 heavy (non-hydrogen) atoms. The number of aryl methyl sites for hydroxylation is 2. The molecule has 1 aromatic heterocycles. The van der Waals surface area contributed by atoms with E-state index in [0.717, 1.165) is 54.3 Å². The van der Waals surface area contributed by atoms with E-state index in [9.17, 15) is 9.59 Å². The third-order valence-electron chi connectivity index (χ3n) is 6.92. The maximum atomic E-state index is 13.3. The average Bonchev–Trinajstić information content (AvgIpc) is 3.25. The Morgan fingerprint density at radius 2 is 1.87 bits per heavy atom. The fraction of sp³-hybridized carbons (Fsp3) is 0.423. The molecule has 1 N–H and O–H groups in total. The normalized spacial score (nSPS) is 18.7. The smallest absolute Gasteiger partial charge is 0.222 e. The summed E-state index contributed by atoms with van der Waals surface area (Å²) in [5.41, 5.74) is 4.43. The number of fused-ring (bicyclic) bond motifs is 2. The summed E-state index contributed by atoms with van der Waals surface area (Å²) < 4.78 is 0. The number of likely N-dealkylation sites (tertiary alicyclic amines) is 1. The molecule has 1 saturated heterocycles. The number of hydrogen-bond donors (Lipinski definition) is 1. The van der Waals surface area contributed by atoms with E-state index in [0.29, 0.717) is 19.4 Å². The lowest BCUT2D eigenvalue weighted by molar-refractivity contribution is -0.132. The molecule has 5 nitrogen and oxygen atoms in total. The van der Waals surface area contributed by atoms with Crippen molar-refractivity contribution < 1.29 is 9.59 Å². The Balaban J connectivity index is 1.25. The van der Waals surface area contributed by atoms with E-state index >= 15 is 0 Å². The number of nitrogens with zero attached hydrogens (tertiary/aromatic N) is 2. The highest BCUT2D eigenvalue weighted by molar-refractivity contribution is 6.09. The number of rotatable bonds is 5. The van der Waals surface area contributed by atoms with Crippen LogP contribution in [0.2, 0.25) is 0 Å². The summed E-state index contributed by atoms with van der Waals surface area (Å²) in [6.45, 7) is 1.27. The summed E-state index contributed by atoms with van der Waals surface area (Å²) in [5, 5.41) is 9.73. The van der Waals surface area contributed by atoms with Gasteiger partial charge in [-0.1, -0.05) is 42.5 Å². The second-order valence-corrected chi connectivity index (χ2v) is 8.90. The number of nitrogens with one attached hydrogen (secondary N) is 1. The average molecular weight is 416 g/mol. The molecular formula is C26H29N3O2. The van der Waals surface area contributed by atoms with Crippen molar-refractivity contribution in [3.8, 4) is 0 Å². The molecule has 1 aliphatic carbocycles. The number of amides is 1. The first kappa shape index (κ1) is 20.0. The zero-order valence-electron chi connectivity index (χ0n) is 17.9. The van der Waals surface area contributed by atoms with E-state index < -0.39 is 0 Å². The van der Waals surface area contributed by atoms with Crippen molar-refractivity contribution >= 4 is 22.5 Å². The van der Waals surface area contributed by atoms with Gasteiger partial charge in [-0.2, -0.15) is 5.10 Å². The zero-order chi connectivity index (χ0) is 21.2.